The van der Waals surface area contributed by atoms with Gasteiger partial charge in [-0.05, 0) is 24.5 Å². The highest BCUT2D eigenvalue weighted by Crippen LogP contribution is 2.42. The minimum atomic E-state index is -3.16. The topological polar surface area (TPSA) is 37.3 Å². The lowest BCUT2D eigenvalue weighted by atomic mass is 10.0. The fourth-order valence-corrected chi connectivity index (χ4v) is 4.02. The SMILES string of the molecule is CCCCC(CC)CP(=O)(O)c1ccccc1. The zero-order valence-electron chi connectivity index (χ0n) is 10.8. The van der Waals surface area contributed by atoms with Gasteiger partial charge in [0.15, 0.2) is 0 Å². The van der Waals surface area contributed by atoms with Gasteiger partial charge in [0.05, 0.1) is 0 Å². The van der Waals surface area contributed by atoms with Crippen LogP contribution >= 0.6 is 7.37 Å². The first kappa shape index (κ1) is 14.5. The molecule has 0 spiro atoms. The Balaban J connectivity index is 2.68. The van der Waals surface area contributed by atoms with Crippen LogP contribution in [-0.2, 0) is 4.57 Å². The standard InChI is InChI=1S/C14H23O2P/c1-3-5-9-13(4-2)12-17(15,16)14-10-7-6-8-11-14/h6-8,10-11,13H,3-5,9,12H2,1-2H3,(H,15,16). The third-order valence-electron chi connectivity index (χ3n) is 3.21. The van der Waals surface area contributed by atoms with Crippen molar-refractivity contribution in [3.8, 4) is 0 Å². The van der Waals surface area contributed by atoms with E-state index in [0.717, 1.165) is 25.7 Å². The first-order valence-electron chi connectivity index (χ1n) is 6.47. The molecule has 0 aliphatic rings. The second-order valence-electron chi connectivity index (χ2n) is 4.64. The maximum Gasteiger partial charge on any atom is 0.229 e. The predicted octanol–water partition coefficient (Wildman–Crippen LogP) is 3.80. The molecule has 0 saturated carbocycles. The largest absolute Gasteiger partial charge is 0.341 e. The fraction of sp³-hybridized carbons (Fsp3) is 0.571. The molecule has 1 N–H and O–H groups in total. The summed E-state index contributed by atoms with van der Waals surface area (Å²) in [6, 6.07) is 9.04. The van der Waals surface area contributed by atoms with Gasteiger partial charge in [0, 0.05) is 11.5 Å². The molecular formula is C14H23O2P. The molecule has 3 heteroatoms. The van der Waals surface area contributed by atoms with Gasteiger partial charge in [-0.2, -0.15) is 0 Å². The molecule has 2 nitrogen and oxygen atoms in total. The second-order valence-corrected chi connectivity index (χ2v) is 6.92. The Morgan fingerprint density at radius 1 is 1.24 bits per heavy atom. The van der Waals surface area contributed by atoms with Crippen LogP contribution in [0.15, 0.2) is 30.3 Å². The minimum Gasteiger partial charge on any atom is -0.341 e. The Hall–Kier alpha value is -0.590. The molecule has 1 rings (SSSR count). The van der Waals surface area contributed by atoms with Crippen LogP contribution in [0.4, 0.5) is 0 Å². The first-order chi connectivity index (χ1) is 8.10. The molecule has 0 saturated heterocycles. The van der Waals surface area contributed by atoms with Crippen LogP contribution in [-0.4, -0.2) is 11.1 Å². The van der Waals surface area contributed by atoms with Crippen molar-refractivity contribution in [3.05, 3.63) is 30.3 Å². The molecule has 0 aliphatic heterocycles. The zero-order valence-corrected chi connectivity index (χ0v) is 11.7. The Morgan fingerprint density at radius 2 is 1.88 bits per heavy atom. The molecular weight excluding hydrogens is 231 g/mol. The van der Waals surface area contributed by atoms with E-state index in [4.69, 9.17) is 0 Å². The van der Waals surface area contributed by atoms with Crippen LogP contribution in [0.2, 0.25) is 0 Å². The molecule has 0 bridgehead atoms. The lowest BCUT2D eigenvalue weighted by molar-refractivity contribution is 0.445. The zero-order chi connectivity index (χ0) is 12.7. The van der Waals surface area contributed by atoms with Crippen molar-refractivity contribution >= 4 is 12.7 Å². The summed E-state index contributed by atoms with van der Waals surface area (Å²) in [5.41, 5.74) is 0. The molecule has 0 aromatic heterocycles. The number of benzene rings is 1. The van der Waals surface area contributed by atoms with Gasteiger partial charge >= 0.3 is 0 Å². The van der Waals surface area contributed by atoms with Crippen LogP contribution in [0.3, 0.4) is 0 Å². The van der Waals surface area contributed by atoms with E-state index in [9.17, 15) is 9.46 Å². The van der Waals surface area contributed by atoms with Gasteiger partial charge in [-0.3, -0.25) is 4.57 Å². The molecule has 1 aromatic rings. The molecule has 0 amide bonds. The van der Waals surface area contributed by atoms with E-state index in [0.29, 0.717) is 17.4 Å². The van der Waals surface area contributed by atoms with E-state index in [1.807, 2.05) is 18.2 Å². The summed E-state index contributed by atoms with van der Waals surface area (Å²) in [5, 5.41) is 0.593. The lowest BCUT2D eigenvalue weighted by Crippen LogP contribution is -2.13. The van der Waals surface area contributed by atoms with Crippen molar-refractivity contribution in [2.24, 2.45) is 5.92 Å². The van der Waals surface area contributed by atoms with Crippen LogP contribution in [0.5, 0.6) is 0 Å². The van der Waals surface area contributed by atoms with Crippen molar-refractivity contribution in [3.63, 3.8) is 0 Å². The van der Waals surface area contributed by atoms with Crippen LogP contribution in [0.1, 0.15) is 39.5 Å². The molecule has 0 heterocycles. The third kappa shape index (κ3) is 4.65. The van der Waals surface area contributed by atoms with Gasteiger partial charge < -0.3 is 4.89 Å². The fourth-order valence-electron chi connectivity index (χ4n) is 2.03. The number of rotatable bonds is 7. The second kappa shape index (κ2) is 6.98. The van der Waals surface area contributed by atoms with Crippen LogP contribution in [0, 0.1) is 5.92 Å². The van der Waals surface area contributed by atoms with Crippen molar-refractivity contribution in [2.75, 3.05) is 6.16 Å². The van der Waals surface area contributed by atoms with Gasteiger partial charge in [-0.25, -0.2) is 0 Å². The lowest BCUT2D eigenvalue weighted by Gasteiger charge is -2.19. The summed E-state index contributed by atoms with van der Waals surface area (Å²) >= 11 is 0. The molecule has 0 fully saturated rings. The smallest absolute Gasteiger partial charge is 0.229 e. The van der Waals surface area contributed by atoms with Crippen molar-refractivity contribution < 1.29 is 9.46 Å². The predicted molar refractivity (Wildman–Crippen MR) is 74.1 cm³/mol. The van der Waals surface area contributed by atoms with E-state index in [2.05, 4.69) is 13.8 Å². The van der Waals surface area contributed by atoms with E-state index in [-0.39, 0.29) is 0 Å². The first-order valence-corrected chi connectivity index (χ1v) is 8.32. The molecule has 2 atom stereocenters. The Kier molecular flexibility index (Phi) is 5.94. The number of hydrogen-bond donors (Lipinski definition) is 1. The quantitative estimate of drug-likeness (QED) is 0.751. The molecule has 1 aromatic carbocycles. The van der Waals surface area contributed by atoms with Crippen molar-refractivity contribution in [1.29, 1.82) is 0 Å². The van der Waals surface area contributed by atoms with Gasteiger partial charge in [0.2, 0.25) is 7.37 Å². The van der Waals surface area contributed by atoms with E-state index in [1.54, 1.807) is 12.1 Å². The maximum absolute atomic E-state index is 12.3. The van der Waals surface area contributed by atoms with E-state index < -0.39 is 7.37 Å². The highest BCUT2D eigenvalue weighted by molar-refractivity contribution is 7.66. The third-order valence-corrected chi connectivity index (χ3v) is 5.32. The molecule has 96 valence electrons. The summed E-state index contributed by atoms with van der Waals surface area (Å²) in [7, 11) is -3.16. The summed E-state index contributed by atoms with van der Waals surface area (Å²) in [4.78, 5) is 10.1. The van der Waals surface area contributed by atoms with Gasteiger partial charge in [0.1, 0.15) is 0 Å². The Bertz CT molecular complexity index is 362. The van der Waals surface area contributed by atoms with Crippen molar-refractivity contribution in [1.82, 2.24) is 0 Å². The number of hydrogen-bond acceptors (Lipinski definition) is 1. The summed E-state index contributed by atoms with van der Waals surface area (Å²) in [6.07, 6.45) is 4.76. The molecule has 2 unspecified atom stereocenters. The molecule has 0 radical (unpaired) electrons. The number of unbranched alkanes of at least 4 members (excludes halogenated alkanes) is 1. The normalized spacial score (nSPS) is 16.4. The monoisotopic (exact) mass is 254 g/mol. The van der Waals surface area contributed by atoms with Gasteiger partial charge in [-0.1, -0.05) is 51.3 Å². The van der Waals surface area contributed by atoms with Gasteiger partial charge in [0.25, 0.3) is 0 Å². The maximum atomic E-state index is 12.3. The molecule has 17 heavy (non-hydrogen) atoms. The average molecular weight is 254 g/mol. The van der Waals surface area contributed by atoms with Gasteiger partial charge in [-0.15, -0.1) is 0 Å². The Morgan fingerprint density at radius 3 is 2.41 bits per heavy atom. The minimum absolute atomic E-state index is 0.367. The van der Waals surface area contributed by atoms with Crippen molar-refractivity contribution in [2.45, 2.75) is 39.5 Å². The van der Waals surface area contributed by atoms with E-state index >= 15 is 0 Å². The highest BCUT2D eigenvalue weighted by Gasteiger charge is 2.24. The Labute approximate surface area is 105 Å². The summed E-state index contributed by atoms with van der Waals surface area (Å²) in [6.45, 7) is 4.26. The van der Waals surface area contributed by atoms with Crippen LogP contribution in [0.25, 0.3) is 0 Å². The van der Waals surface area contributed by atoms with E-state index in [1.165, 1.54) is 0 Å². The van der Waals surface area contributed by atoms with Crippen LogP contribution < -0.4 is 5.30 Å². The highest BCUT2D eigenvalue weighted by atomic mass is 31.2. The average Bonchev–Trinajstić information content (AvgIpc) is 2.35. The summed E-state index contributed by atoms with van der Waals surface area (Å²) < 4.78 is 12.3. The summed E-state index contributed by atoms with van der Waals surface area (Å²) in [5.74, 6) is 0.367. The molecule has 0 aliphatic carbocycles.